The number of hydrogen-bond donors (Lipinski definition) is 0. The van der Waals surface area contributed by atoms with Crippen LogP contribution in [0.5, 0.6) is 0 Å². The number of imide groups is 1. The van der Waals surface area contributed by atoms with Crippen molar-refractivity contribution in [2.24, 2.45) is 0 Å². The van der Waals surface area contributed by atoms with E-state index in [1.54, 1.807) is 48.5 Å². The largest absolute Gasteiger partial charge is 0.272 e. The summed E-state index contributed by atoms with van der Waals surface area (Å²) in [5, 5.41) is 0.895. The molecule has 0 spiro atoms. The van der Waals surface area contributed by atoms with Crippen molar-refractivity contribution in [2.45, 2.75) is 4.90 Å². The molecule has 3 aromatic rings. The summed E-state index contributed by atoms with van der Waals surface area (Å²) in [4.78, 5) is 28.9. The average molecular weight is 426 g/mol. The zero-order valence-corrected chi connectivity index (χ0v) is 16.8. The van der Waals surface area contributed by atoms with E-state index in [1.807, 2.05) is 30.3 Å². The Kier molecular flexibility index (Phi) is 5.27. The molecule has 28 heavy (non-hydrogen) atoms. The summed E-state index contributed by atoms with van der Waals surface area (Å²) < 4.78 is 0. The van der Waals surface area contributed by atoms with Gasteiger partial charge >= 0.3 is 0 Å². The summed E-state index contributed by atoms with van der Waals surface area (Å²) in [5.74, 6) is -0.796. The van der Waals surface area contributed by atoms with Crippen LogP contribution >= 0.6 is 35.0 Å². The zero-order chi connectivity index (χ0) is 19.7. The first-order valence-electron chi connectivity index (χ1n) is 8.42. The van der Waals surface area contributed by atoms with E-state index in [4.69, 9.17) is 23.2 Å². The number of carbonyl (C=O) groups excluding carboxylic acids is 2. The minimum atomic E-state index is -0.404. The molecule has 3 aromatic carbocycles. The Balaban J connectivity index is 1.84. The Morgan fingerprint density at radius 2 is 1.36 bits per heavy atom. The van der Waals surface area contributed by atoms with Crippen LogP contribution in [0.2, 0.25) is 10.0 Å². The molecule has 0 unspecified atom stereocenters. The maximum atomic E-state index is 13.3. The summed E-state index contributed by atoms with van der Waals surface area (Å²) in [7, 11) is 0. The van der Waals surface area contributed by atoms with Crippen molar-refractivity contribution in [3.63, 3.8) is 0 Å². The summed E-state index contributed by atoms with van der Waals surface area (Å²) in [6, 6.07) is 23.2. The van der Waals surface area contributed by atoms with Crippen molar-refractivity contribution < 1.29 is 9.59 Å². The van der Waals surface area contributed by atoms with E-state index in [-0.39, 0.29) is 0 Å². The van der Waals surface area contributed by atoms with Crippen molar-refractivity contribution in [1.29, 1.82) is 0 Å². The standard InChI is InChI=1S/C22H13Cl2NO2S/c23-15-12-10-14(11-13-15)19-20(28-16-6-2-1-3-7-16)22(27)25(21(19)26)18-9-5-4-8-17(18)24/h1-13H. The lowest BCUT2D eigenvalue weighted by atomic mass is 10.1. The molecule has 4 rings (SSSR count). The van der Waals surface area contributed by atoms with Gasteiger partial charge in [-0.2, -0.15) is 0 Å². The second-order valence-corrected chi connectivity index (χ2v) is 7.95. The highest BCUT2D eigenvalue weighted by molar-refractivity contribution is 8.04. The molecule has 0 fully saturated rings. The van der Waals surface area contributed by atoms with Gasteiger partial charge in [-0.25, -0.2) is 4.90 Å². The summed E-state index contributed by atoms with van der Waals surface area (Å²) in [5.41, 5.74) is 1.35. The molecule has 0 radical (unpaired) electrons. The molecule has 138 valence electrons. The van der Waals surface area contributed by atoms with Gasteiger partial charge in [0.1, 0.15) is 0 Å². The number of para-hydroxylation sites is 1. The molecule has 1 heterocycles. The van der Waals surface area contributed by atoms with Gasteiger partial charge in [0.15, 0.2) is 0 Å². The van der Waals surface area contributed by atoms with Crippen molar-refractivity contribution in [2.75, 3.05) is 4.90 Å². The number of benzene rings is 3. The first-order valence-corrected chi connectivity index (χ1v) is 10.00. The number of thioether (sulfide) groups is 1. The average Bonchev–Trinajstić information content (AvgIpc) is 2.94. The molecule has 0 bridgehead atoms. The third-order valence-electron chi connectivity index (χ3n) is 4.23. The Morgan fingerprint density at radius 3 is 2.04 bits per heavy atom. The predicted octanol–water partition coefficient (Wildman–Crippen LogP) is 6.07. The van der Waals surface area contributed by atoms with E-state index in [2.05, 4.69) is 0 Å². The van der Waals surface area contributed by atoms with Crippen molar-refractivity contribution in [1.82, 2.24) is 0 Å². The second kappa shape index (κ2) is 7.84. The van der Waals surface area contributed by atoms with Gasteiger partial charge in [-0.1, -0.05) is 77.4 Å². The maximum absolute atomic E-state index is 13.3. The van der Waals surface area contributed by atoms with Gasteiger partial charge in [-0.05, 0) is 42.0 Å². The quantitative estimate of drug-likeness (QED) is 0.475. The van der Waals surface area contributed by atoms with Gasteiger partial charge < -0.3 is 0 Å². The fourth-order valence-electron chi connectivity index (χ4n) is 2.93. The Hall–Kier alpha value is -2.53. The molecule has 0 N–H and O–H groups in total. The molecule has 6 heteroatoms. The molecule has 0 aromatic heterocycles. The molecule has 1 aliphatic heterocycles. The lowest BCUT2D eigenvalue weighted by molar-refractivity contribution is -0.119. The smallest absolute Gasteiger partial charge is 0.268 e. The predicted molar refractivity (Wildman–Crippen MR) is 115 cm³/mol. The van der Waals surface area contributed by atoms with Crippen LogP contribution < -0.4 is 4.90 Å². The highest BCUT2D eigenvalue weighted by Gasteiger charge is 2.41. The maximum Gasteiger partial charge on any atom is 0.272 e. The topological polar surface area (TPSA) is 37.4 Å². The van der Waals surface area contributed by atoms with E-state index in [0.29, 0.717) is 31.8 Å². The van der Waals surface area contributed by atoms with Crippen LogP contribution in [0.25, 0.3) is 5.57 Å². The van der Waals surface area contributed by atoms with Crippen LogP contribution in [0.1, 0.15) is 5.56 Å². The number of carbonyl (C=O) groups is 2. The Labute approximate surface area is 176 Å². The number of nitrogens with zero attached hydrogens (tertiary/aromatic N) is 1. The third-order valence-corrected chi connectivity index (χ3v) is 5.89. The van der Waals surface area contributed by atoms with Gasteiger partial charge in [0.2, 0.25) is 0 Å². The normalized spacial score (nSPS) is 14.1. The monoisotopic (exact) mass is 425 g/mol. The molecular weight excluding hydrogens is 413 g/mol. The van der Waals surface area contributed by atoms with Crippen LogP contribution in [0, 0.1) is 0 Å². The molecule has 0 aliphatic carbocycles. The summed E-state index contributed by atoms with van der Waals surface area (Å²) >= 11 is 13.5. The molecule has 2 amide bonds. The van der Waals surface area contributed by atoms with E-state index >= 15 is 0 Å². The first kappa shape index (κ1) is 18.8. The molecule has 0 saturated heterocycles. The Bertz CT molecular complexity index is 1100. The van der Waals surface area contributed by atoms with Gasteiger partial charge in [0, 0.05) is 9.92 Å². The van der Waals surface area contributed by atoms with Gasteiger partial charge in [-0.15, -0.1) is 0 Å². The molecular formula is C22H13Cl2NO2S. The molecule has 1 aliphatic rings. The zero-order valence-electron chi connectivity index (χ0n) is 14.4. The first-order chi connectivity index (χ1) is 13.6. The molecule has 3 nitrogen and oxygen atoms in total. The van der Waals surface area contributed by atoms with Crippen molar-refractivity contribution >= 4 is 58.0 Å². The highest BCUT2D eigenvalue weighted by atomic mass is 35.5. The number of rotatable bonds is 4. The van der Waals surface area contributed by atoms with Crippen LogP contribution in [0.4, 0.5) is 5.69 Å². The molecule has 0 atom stereocenters. The van der Waals surface area contributed by atoms with Crippen LogP contribution in [0.3, 0.4) is 0 Å². The minimum absolute atomic E-state index is 0.339. The van der Waals surface area contributed by atoms with E-state index in [0.717, 1.165) is 9.80 Å². The van der Waals surface area contributed by atoms with Crippen LogP contribution in [0.15, 0.2) is 88.7 Å². The summed E-state index contributed by atoms with van der Waals surface area (Å²) in [6.07, 6.45) is 0. The van der Waals surface area contributed by atoms with Gasteiger partial charge in [0.25, 0.3) is 11.8 Å². The third kappa shape index (κ3) is 3.47. The van der Waals surface area contributed by atoms with E-state index in [1.165, 1.54) is 11.8 Å². The Morgan fingerprint density at radius 1 is 0.714 bits per heavy atom. The van der Waals surface area contributed by atoms with Crippen molar-refractivity contribution in [3.8, 4) is 0 Å². The van der Waals surface area contributed by atoms with Crippen LogP contribution in [-0.2, 0) is 9.59 Å². The SMILES string of the molecule is O=C1C(Sc2ccccc2)=C(c2ccc(Cl)cc2)C(=O)N1c1ccccc1Cl. The van der Waals surface area contributed by atoms with Gasteiger partial charge in [0.05, 0.1) is 21.2 Å². The van der Waals surface area contributed by atoms with Crippen LogP contribution in [-0.4, -0.2) is 11.8 Å². The highest BCUT2D eigenvalue weighted by Crippen LogP contribution is 2.42. The van der Waals surface area contributed by atoms with E-state index < -0.39 is 11.8 Å². The van der Waals surface area contributed by atoms with Crippen molar-refractivity contribution in [3.05, 3.63) is 99.4 Å². The minimum Gasteiger partial charge on any atom is -0.268 e. The summed E-state index contributed by atoms with van der Waals surface area (Å²) in [6.45, 7) is 0. The van der Waals surface area contributed by atoms with E-state index in [9.17, 15) is 9.59 Å². The molecule has 0 saturated carbocycles. The number of amides is 2. The second-order valence-electron chi connectivity index (χ2n) is 6.02. The number of hydrogen-bond acceptors (Lipinski definition) is 3. The number of anilines is 1. The lowest BCUT2D eigenvalue weighted by Crippen LogP contribution is -2.31. The number of halogens is 2. The fourth-order valence-corrected chi connectivity index (χ4v) is 4.29. The lowest BCUT2D eigenvalue weighted by Gasteiger charge is -2.16. The van der Waals surface area contributed by atoms with Gasteiger partial charge in [-0.3, -0.25) is 9.59 Å². The fraction of sp³-hybridized carbons (Fsp3) is 0.